The molecule has 1 fully saturated rings. The van der Waals surface area contributed by atoms with Gasteiger partial charge in [-0.3, -0.25) is 9.78 Å². The lowest BCUT2D eigenvalue weighted by Crippen LogP contribution is -2.09. The Hall–Kier alpha value is -3.53. The number of hydrogen-bond acceptors (Lipinski definition) is 3. The molecule has 3 nitrogen and oxygen atoms in total. The summed E-state index contributed by atoms with van der Waals surface area (Å²) in [6.07, 6.45) is 7.18. The summed E-state index contributed by atoms with van der Waals surface area (Å²) in [4.78, 5) is 17.4. The van der Waals surface area contributed by atoms with Gasteiger partial charge in [-0.2, -0.15) is 0 Å². The third-order valence-electron chi connectivity index (χ3n) is 7.18. The van der Waals surface area contributed by atoms with Crippen LogP contribution < -0.4 is 0 Å². The van der Waals surface area contributed by atoms with E-state index in [2.05, 4.69) is 62.3 Å². The van der Waals surface area contributed by atoms with Gasteiger partial charge >= 0.3 is 0 Å². The molecule has 0 amide bonds. The van der Waals surface area contributed by atoms with Gasteiger partial charge in [-0.25, -0.2) is 4.39 Å². The van der Waals surface area contributed by atoms with Crippen molar-refractivity contribution in [3.05, 3.63) is 113 Å². The molecule has 36 heavy (non-hydrogen) atoms. The van der Waals surface area contributed by atoms with E-state index in [-0.39, 0.29) is 15.1 Å². The van der Waals surface area contributed by atoms with E-state index in [1.54, 1.807) is 6.08 Å². The fourth-order valence-corrected chi connectivity index (χ4v) is 4.95. The maximum atomic E-state index is 13.9. The quantitative estimate of drug-likeness (QED) is 0.203. The Morgan fingerprint density at radius 3 is 2.58 bits per heavy atom. The maximum absolute atomic E-state index is 13.9. The van der Waals surface area contributed by atoms with Crippen molar-refractivity contribution in [2.45, 2.75) is 52.4 Å². The van der Waals surface area contributed by atoms with E-state index in [0.717, 1.165) is 29.5 Å². The highest BCUT2D eigenvalue weighted by atomic mass is 19.1. The zero-order chi connectivity index (χ0) is 25.9. The highest BCUT2D eigenvalue weighted by molar-refractivity contribution is 5.84. The number of nitrogens with zero attached hydrogens (tertiary/aromatic N) is 1. The summed E-state index contributed by atoms with van der Waals surface area (Å²) in [6.45, 7) is 11.8. The predicted molar refractivity (Wildman–Crippen MR) is 149 cm³/mol. The summed E-state index contributed by atoms with van der Waals surface area (Å²) >= 11 is 0. The first-order chi connectivity index (χ1) is 17.3. The molecule has 4 rings (SSSR count). The summed E-state index contributed by atoms with van der Waals surface area (Å²) < 4.78 is 19.3. The smallest absolute Gasteiger partial charge is 0.141 e. The number of rotatable bonds is 11. The molecule has 1 heterocycles. The number of benzene rings is 2. The third kappa shape index (κ3) is 5.48. The fourth-order valence-electron chi connectivity index (χ4n) is 4.95. The second-order valence-electron chi connectivity index (χ2n) is 9.87. The van der Waals surface area contributed by atoms with Crippen LogP contribution in [0.4, 0.5) is 4.39 Å². The minimum absolute atomic E-state index is 0. The van der Waals surface area contributed by atoms with Gasteiger partial charge in [-0.05, 0) is 90.3 Å². The van der Waals surface area contributed by atoms with Gasteiger partial charge in [0.2, 0.25) is 0 Å². The number of aryl methyl sites for hydroxylation is 2. The SMILES string of the molecule is C=C(/C=C(\OC)C1(C(=C)F)CC1)CC(=O)Cc1cccc(Cc2ccnc3cc(C)c(CC)cc23)c1.[HH].[HH]. The van der Waals surface area contributed by atoms with E-state index < -0.39 is 11.2 Å². The number of carbonyl (C=O) groups excluding carboxylic acids is 1. The van der Waals surface area contributed by atoms with Crippen LogP contribution in [0, 0.1) is 12.3 Å². The van der Waals surface area contributed by atoms with Crippen LogP contribution in [0.1, 0.15) is 56.9 Å². The van der Waals surface area contributed by atoms with Crippen LogP contribution in [-0.4, -0.2) is 17.9 Å². The van der Waals surface area contributed by atoms with Crippen LogP contribution in [0.5, 0.6) is 0 Å². The Balaban J connectivity index is 0.00000253. The lowest BCUT2D eigenvalue weighted by molar-refractivity contribution is -0.117. The highest BCUT2D eigenvalue weighted by Crippen LogP contribution is 2.57. The molecule has 3 aromatic rings. The van der Waals surface area contributed by atoms with Crippen molar-refractivity contribution < 1.29 is 16.8 Å². The lowest BCUT2D eigenvalue weighted by atomic mass is 9.95. The number of pyridine rings is 1. The standard InChI is InChI=1S/C32H34FNO2.2H2/c1-6-26-20-29-27(10-13-34-30(29)16-22(26)3)18-24-8-7-9-25(17-24)19-28(35)14-21(2)15-31(36-5)32(11-12-32)23(4)33;;/h7-10,13,15-17,20H,2,4,6,11-12,14,18-19H2,1,3,5H3;2*1H/b31-15-;;. The largest absolute Gasteiger partial charge is 0.500 e. The van der Waals surface area contributed by atoms with Gasteiger partial charge in [-0.15, -0.1) is 0 Å². The van der Waals surface area contributed by atoms with E-state index in [0.29, 0.717) is 30.6 Å². The highest BCUT2D eigenvalue weighted by Gasteiger charge is 2.51. The zero-order valence-corrected chi connectivity index (χ0v) is 21.5. The minimum atomic E-state index is -0.733. The van der Waals surface area contributed by atoms with Gasteiger partial charge in [0.1, 0.15) is 17.4 Å². The molecular formula is C32H38FNO2. The summed E-state index contributed by atoms with van der Waals surface area (Å²) in [6, 6.07) is 14.7. The Kier molecular flexibility index (Phi) is 7.53. The summed E-state index contributed by atoms with van der Waals surface area (Å²) in [7, 11) is 1.52. The molecule has 190 valence electrons. The molecule has 0 N–H and O–H groups in total. The number of methoxy groups -OCH3 is 1. The molecule has 0 radical (unpaired) electrons. The molecule has 0 aliphatic heterocycles. The molecule has 0 unspecified atom stereocenters. The molecule has 0 atom stereocenters. The summed E-state index contributed by atoms with van der Waals surface area (Å²) in [5, 5.41) is 1.18. The van der Waals surface area contributed by atoms with E-state index in [9.17, 15) is 9.18 Å². The Labute approximate surface area is 216 Å². The van der Waals surface area contributed by atoms with Crippen molar-refractivity contribution >= 4 is 16.7 Å². The molecule has 1 aromatic heterocycles. The summed E-state index contributed by atoms with van der Waals surface area (Å²) in [5.41, 5.74) is 6.86. The van der Waals surface area contributed by atoms with Gasteiger partial charge in [-0.1, -0.05) is 44.3 Å². The number of ether oxygens (including phenoxy) is 1. The van der Waals surface area contributed by atoms with Crippen molar-refractivity contribution in [2.75, 3.05) is 7.11 Å². The van der Waals surface area contributed by atoms with Crippen LogP contribution in [0.2, 0.25) is 0 Å². The normalized spacial score (nSPS) is 14.5. The number of allylic oxidation sites excluding steroid dienone is 3. The molecule has 1 aliphatic carbocycles. The monoisotopic (exact) mass is 487 g/mol. The summed E-state index contributed by atoms with van der Waals surface area (Å²) in [5.74, 6) is 0.167. The lowest BCUT2D eigenvalue weighted by Gasteiger charge is -2.16. The van der Waals surface area contributed by atoms with Crippen LogP contribution in [0.15, 0.2) is 85.1 Å². The second kappa shape index (κ2) is 10.6. The van der Waals surface area contributed by atoms with E-state index in [1.165, 1.54) is 29.2 Å². The van der Waals surface area contributed by atoms with Crippen molar-refractivity contribution in [1.29, 1.82) is 0 Å². The average Bonchev–Trinajstić information content (AvgIpc) is 3.64. The molecule has 1 aliphatic rings. The predicted octanol–water partition coefficient (Wildman–Crippen LogP) is 8.04. The van der Waals surface area contributed by atoms with Crippen molar-refractivity contribution in [1.82, 2.24) is 4.98 Å². The third-order valence-corrected chi connectivity index (χ3v) is 7.18. The van der Waals surface area contributed by atoms with E-state index >= 15 is 0 Å². The Morgan fingerprint density at radius 1 is 1.17 bits per heavy atom. The first-order valence-electron chi connectivity index (χ1n) is 12.5. The Morgan fingerprint density at radius 2 is 1.92 bits per heavy atom. The first kappa shape index (κ1) is 25.6. The molecule has 0 spiro atoms. The fraction of sp³-hybridized carbons (Fsp3) is 0.312. The molecule has 0 saturated heterocycles. The van der Waals surface area contributed by atoms with Gasteiger partial charge in [0.05, 0.1) is 18.0 Å². The molecule has 1 saturated carbocycles. The first-order valence-corrected chi connectivity index (χ1v) is 12.5. The molecule has 0 bridgehead atoms. The van der Waals surface area contributed by atoms with Gasteiger partial charge in [0.15, 0.2) is 0 Å². The number of hydrogen-bond donors (Lipinski definition) is 0. The number of Topliss-reactive ketones (excluding diaryl/α,β-unsaturated/α-hetero) is 1. The van der Waals surface area contributed by atoms with Crippen LogP contribution in [0.25, 0.3) is 10.9 Å². The van der Waals surface area contributed by atoms with Crippen molar-refractivity contribution in [3.63, 3.8) is 0 Å². The topological polar surface area (TPSA) is 39.2 Å². The number of halogens is 1. The van der Waals surface area contributed by atoms with Gasteiger partial charge in [0.25, 0.3) is 0 Å². The number of aromatic nitrogens is 1. The number of ketones is 1. The zero-order valence-electron chi connectivity index (χ0n) is 21.5. The number of carbonyl (C=O) groups is 1. The van der Waals surface area contributed by atoms with Gasteiger partial charge < -0.3 is 4.74 Å². The van der Waals surface area contributed by atoms with Crippen LogP contribution in [-0.2, 0) is 28.8 Å². The average molecular weight is 488 g/mol. The maximum Gasteiger partial charge on any atom is 0.141 e. The van der Waals surface area contributed by atoms with E-state index in [4.69, 9.17) is 4.74 Å². The number of fused-ring (bicyclic) bond motifs is 1. The molecule has 2 aromatic carbocycles. The van der Waals surface area contributed by atoms with Gasteiger partial charge in [0, 0.05) is 27.3 Å². The van der Waals surface area contributed by atoms with Crippen LogP contribution >= 0.6 is 0 Å². The second-order valence-corrected chi connectivity index (χ2v) is 9.87. The van der Waals surface area contributed by atoms with E-state index in [1.807, 2.05) is 18.3 Å². The minimum Gasteiger partial charge on any atom is -0.500 e. The molecular weight excluding hydrogens is 449 g/mol. The van der Waals surface area contributed by atoms with Crippen molar-refractivity contribution in [3.8, 4) is 0 Å². The van der Waals surface area contributed by atoms with Crippen molar-refractivity contribution in [2.24, 2.45) is 5.41 Å². The Bertz CT molecular complexity index is 1380. The molecule has 4 heteroatoms. The van der Waals surface area contributed by atoms with Crippen LogP contribution in [0.3, 0.4) is 0 Å².